The van der Waals surface area contributed by atoms with Crippen molar-refractivity contribution in [2.24, 2.45) is 0 Å². The Morgan fingerprint density at radius 2 is 2.06 bits per heavy atom. The number of nitrogen functional groups attached to an aromatic ring is 1. The van der Waals surface area contributed by atoms with Crippen LogP contribution in [0.5, 0.6) is 0 Å². The summed E-state index contributed by atoms with van der Waals surface area (Å²) in [7, 11) is 1.68. The number of hydrogen-bond acceptors (Lipinski definition) is 3. The summed E-state index contributed by atoms with van der Waals surface area (Å²) < 4.78 is 12.6. The van der Waals surface area contributed by atoms with Crippen molar-refractivity contribution in [2.75, 3.05) is 32.7 Å². The molecule has 2 rings (SSSR count). The minimum absolute atomic E-state index is 0.656. The Kier molecular flexibility index (Phi) is 4.61. The van der Waals surface area contributed by atoms with Crippen molar-refractivity contribution in [3.8, 4) is 0 Å². The SMILES string of the molecule is COCCOCCCn1ccc2ccc(N)cc21. The van der Waals surface area contributed by atoms with E-state index in [2.05, 4.69) is 22.9 Å². The molecule has 0 bridgehead atoms. The fourth-order valence-corrected chi connectivity index (χ4v) is 1.98. The highest BCUT2D eigenvalue weighted by molar-refractivity contribution is 5.83. The lowest BCUT2D eigenvalue weighted by atomic mass is 10.2. The molecule has 0 unspecified atom stereocenters. The number of aromatic nitrogens is 1. The van der Waals surface area contributed by atoms with Crippen molar-refractivity contribution in [1.82, 2.24) is 4.57 Å². The van der Waals surface area contributed by atoms with Gasteiger partial charge in [-0.15, -0.1) is 0 Å². The summed E-state index contributed by atoms with van der Waals surface area (Å²) in [6.07, 6.45) is 3.08. The smallest absolute Gasteiger partial charge is 0.0700 e. The Labute approximate surface area is 107 Å². The van der Waals surface area contributed by atoms with E-state index in [9.17, 15) is 0 Å². The van der Waals surface area contributed by atoms with Gasteiger partial charge in [0.2, 0.25) is 0 Å². The summed E-state index contributed by atoms with van der Waals surface area (Å²) in [5.41, 5.74) is 7.80. The quantitative estimate of drug-likeness (QED) is 0.604. The number of anilines is 1. The number of nitrogens with zero attached hydrogens (tertiary/aromatic N) is 1. The van der Waals surface area contributed by atoms with Gasteiger partial charge in [-0.1, -0.05) is 6.07 Å². The summed E-state index contributed by atoms with van der Waals surface area (Å²) in [4.78, 5) is 0. The summed E-state index contributed by atoms with van der Waals surface area (Å²) in [6, 6.07) is 8.11. The van der Waals surface area contributed by atoms with E-state index in [-0.39, 0.29) is 0 Å². The molecule has 1 aromatic heterocycles. The monoisotopic (exact) mass is 248 g/mol. The first kappa shape index (κ1) is 12.9. The first-order chi connectivity index (χ1) is 8.81. The van der Waals surface area contributed by atoms with Crippen LogP contribution in [0, 0.1) is 0 Å². The number of ether oxygens (including phenoxy) is 2. The molecular formula is C14H20N2O2. The number of nitrogens with two attached hydrogens (primary N) is 1. The van der Waals surface area contributed by atoms with Crippen LogP contribution in [-0.4, -0.2) is 31.5 Å². The van der Waals surface area contributed by atoms with E-state index in [0.717, 1.165) is 25.3 Å². The van der Waals surface area contributed by atoms with Gasteiger partial charge in [0.15, 0.2) is 0 Å². The average Bonchev–Trinajstić information content (AvgIpc) is 2.76. The van der Waals surface area contributed by atoms with Gasteiger partial charge in [-0.3, -0.25) is 0 Å². The van der Waals surface area contributed by atoms with Crippen molar-refractivity contribution in [3.63, 3.8) is 0 Å². The van der Waals surface area contributed by atoms with E-state index in [1.165, 1.54) is 10.9 Å². The van der Waals surface area contributed by atoms with Crippen LogP contribution in [0.4, 0.5) is 5.69 Å². The fourth-order valence-electron chi connectivity index (χ4n) is 1.98. The highest BCUT2D eigenvalue weighted by atomic mass is 16.5. The van der Waals surface area contributed by atoms with E-state index < -0.39 is 0 Å². The second kappa shape index (κ2) is 6.42. The third kappa shape index (κ3) is 3.24. The average molecular weight is 248 g/mol. The Morgan fingerprint density at radius 3 is 2.89 bits per heavy atom. The maximum Gasteiger partial charge on any atom is 0.0700 e. The van der Waals surface area contributed by atoms with Gasteiger partial charge in [-0.25, -0.2) is 0 Å². The predicted molar refractivity (Wildman–Crippen MR) is 73.7 cm³/mol. The molecule has 0 aliphatic carbocycles. The third-order valence-corrected chi connectivity index (χ3v) is 2.92. The normalized spacial score (nSPS) is 11.2. The number of fused-ring (bicyclic) bond motifs is 1. The van der Waals surface area contributed by atoms with E-state index in [1.807, 2.05) is 12.1 Å². The summed E-state index contributed by atoms with van der Waals surface area (Å²) in [5.74, 6) is 0. The topological polar surface area (TPSA) is 49.4 Å². The van der Waals surface area contributed by atoms with Gasteiger partial charge < -0.3 is 19.8 Å². The summed E-state index contributed by atoms with van der Waals surface area (Å²) in [6.45, 7) is 3.02. The van der Waals surface area contributed by atoms with Crippen LogP contribution in [0.15, 0.2) is 30.5 Å². The molecule has 2 N–H and O–H groups in total. The lowest BCUT2D eigenvalue weighted by Gasteiger charge is -2.07. The van der Waals surface area contributed by atoms with E-state index in [1.54, 1.807) is 7.11 Å². The molecule has 0 saturated carbocycles. The molecule has 0 amide bonds. The van der Waals surface area contributed by atoms with Crippen molar-refractivity contribution in [2.45, 2.75) is 13.0 Å². The highest BCUT2D eigenvalue weighted by Crippen LogP contribution is 2.19. The molecule has 0 spiro atoms. The van der Waals surface area contributed by atoms with Gasteiger partial charge in [0.1, 0.15) is 0 Å². The van der Waals surface area contributed by atoms with E-state index in [0.29, 0.717) is 13.2 Å². The Balaban J connectivity index is 1.86. The van der Waals surface area contributed by atoms with Crippen molar-refractivity contribution in [1.29, 1.82) is 0 Å². The molecule has 2 aromatic rings. The molecule has 0 atom stereocenters. The van der Waals surface area contributed by atoms with Crippen molar-refractivity contribution < 1.29 is 9.47 Å². The first-order valence-corrected chi connectivity index (χ1v) is 6.22. The van der Waals surface area contributed by atoms with E-state index >= 15 is 0 Å². The highest BCUT2D eigenvalue weighted by Gasteiger charge is 2.01. The number of benzene rings is 1. The maximum atomic E-state index is 5.81. The second-order valence-electron chi connectivity index (χ2n) is 4.29. The predicted octanol–water partition coefficient (Wildman–Crippen LogP) is 2.28. The van der Waals surface area contributed by atoms with E-state index in [4.69, 9.17) is 15.2 Å². The lowest BCUT2D eigenvalue weighted by molar-refractivity contribution is 0.0681. The molecule has 0 aliphatic heterocycles. The number of aryl methyl sites for hydroxylation is 1. The second-order valence-corrected chi connectivity index (χ2v) is 4.29. The molecular weight excluding hydrogens is 228 g/mol. The van der Waals surface area contributed by atoms with Crippen LogP contribution >= 0.6 is 0 Å². The van der Waals surface area contributed by atoms with Gasteiger partial charge in [0.25, 0.3) is 0 Å². The minimum Gasteiger partial charge on any atom is -0.399 e. The largest absolute Gasteiger partial charge is 0.399 e. The number of hydrogen-bond donors (Lipinski definition) is 1. The standard InChI is InChI=1S/C14H20N2O2/c1-17-9-10-18-8-2-6-16-7-5-12-3-4-13(15)11-14(12)16/h3-5,7,11H,2,6,8-10,15H2,1H3. The zero-order chi connectivity index (χ0) is 12.8. The number of rotatable bonds is 7. The molecule has 98 valence electrons. The van der Waals surface area contributed by atoms with Crippen molar-refractivity contribution >= 4 is 16.6 Å². The van der Waals surface area contributed by atoms with Crippen LogP contribution in [0.2, 0.25) is 0 Å². The molecule has 4 heteroatoms. The summed E-state index contributed by atoms with van der Waals surface area (Å²) >= 11 is 0. The zero-order valence-electron chi connectivity index (χ0n) is 10.8. The third-order valence-electron chi connectivity index (χ3n) is 2.92. The van der Waals surface area contributed by atoms with Gasteiger partial charge in [0, 0.05) is 32.1 Å². The van der Waals surface area contributed by atoms with Gasteiger partial charge in [0.05, 0.1) is 18.7 Å². The Hall–Kier alpha value is -1.52. The first-order valence-electron chi connectivity index (χ1n) is 6.22. The molecule has 18 heavy (non-hydrogen) atoms. The fraction of sp³-hybridized carbons (Fsp3) is 0.429. The van der Waals surface area contributed by atoms with Gasteiger partial charge in [-0.05, 0) is 30.0 Å². The van der Waals surface area contributed by atoms with Gasteiger partial charge >= 0.3 is 0 Å². The number of methoxy groups -OCH3 is 1. The molecule has 0 radical (unpaired) electrons. The molecule has 0 aliphatic rings. The summed E-state index contributed by atoms with van der Waals surface area (Å²) in [5, 5.41) is 1.23. The van der Waals surface area contributed by atoms with Crippen LogP contribution in [-0.2, 0) is 16.0 Å². The zero-order valence-corrected chi connectivity index (χ0v) is 10.8. The van der Waals surface area contributed by atoms with Gasteiger partial charge in [-0.2, -0.15) is 0 Å². The Morgan fingerprint density at radius 1 is 1.17 bits per heavy atom. The molecule has 0 saturated heterocycles. The molecule has 0 fully saturated rings. The Bertz CT molecular complexity index is 493. The molecule has 1 heterocycles. The van der Waals surface area contributed by atoms with Crippen LogP contribution < -0.4 is 5.73 Å². The minimum atomic E-state index is 0.656. The van der Waals surface area contributed by atoms with Crippen LogP contribution in [0.1, 0.15) is 6.42 Å². The molecule has 1 aromatic carbocycles. The van der Waals surface area contributed by atoms with Crippen molar-refractivity contribution in [3.05, 3.63) is 30.5 Å². The van der Waals surface area contributed by atoms with Crippen LogP contribution in [0.25, 0.3) is 10.9 Å². The van der Waals surface area contributed by atoms with Crippen LogP contribution in [0.3, 0.4) is 0 Å². The molecule has 4 nitrogen and oxygen atoms in total. The lowest BCUT2D eigenvalue weighted by Crippen LogP contribution is -2.05. The maximum absolute atomic E-state index is 5.81.